The summed E-state index contributed by atoms with van der Waals surface area (Å²) in [4.78, 5) is 17.7. The van der Waals surface area contributed by atoms with Gasteiger partial charge in [0.05, 0.1) is 23.2 Å². The van der Waals surface area contributed by atoms with E-state index in [9.17, 15) is 4.79 Å². The number of benzene rings is 1. The van der Waals surface area contributed by atoms with Crippen LogP contribution in [-0.2, 0) is 10.3 Å². The summed E-state index contributed by atoms with van der Waals surface area (Å²) in [5.41, 5.74) is 0.256. The smallest absolute Gasteiger partial charge is 0.242 e. The molecule has 0 spiro atoms. The maximum absolute atomic E-state index is 13.6. The normalized spacial score (nSPS) is 33.1. The molecule has 0 radical (unpaired) electrons. The Balaban J connectivity index is 1.46. The van der Waals surface area contributed by atoms with Crippen molar-refractivity contribution < 1.29 is 9.53 Å². The summed E-state index contributed by atoms with van der Waals surface area (Å²) in [6, 6.07) is 7.67. The second-order valence-corrected chi connectivity index (χ2v) is 9.15. The zero-order chi connectivity index (χ0) is 19.4. The number of para-hydroxylation sites is 2. The number of aromatic nitrogens is 3. The van der Waals surface area contributed by atoms with Gasteiger partial charge in [0, 0.05) is 0 Å². The first kappa shape index (κ1) is 18.0. The predicted molar refractivity (Wildman–Crippen MR) is 106 cm³/mol. The van der Waals surface area contributed by atoms with Crippen molar-refractivity contribution in [2.24, 2.45) is 17.3 Å². The van der Waals surface area contributed by atoms with E-state index in [1.54, 1.807) is 6.33 Å². The highest BCUT2D eigenvalue weighted by atomic mass is 35.5. The number of carbonyl (C=O) groups is 1. The molecule has 4 fully saturated rings. The highest BCUT2D eigenvalue weighted by Crippen LogP contribution is 2.64. The minimum Gasteiger partial charge on any atom is -0.492 e. The fourth-order valence-corrected chi connectivity index (χ4v) is 6.45. The number of ether oxygens (including phenoxy) is 1. The predicted octanol–water partition coefficient (Wildman–Crippen LogP) is 4.26. The molecule has 1 aromatic heterocycles. The van der Waals surface area contributed by atoms with Crippen molar-refractivity contribution in [2.45, 2.75) is 51.0 Å². The Morgan fingerprint density at radius 3 is 2.71 bits per heavy atom. The topological polar surface area (TPSA) is 69.0 Å². The van der Waals surface area contributed by atoms with E-state index in [4.69, 9.17) is 16.3 Å². The van der Waals surface area contributed by atoms with Crippen LogP contribution in [0.5, 0.6) is 5.75 Å². The van der Waals surface area contributed by atoms with Crippen LogP contribution in [0.3, 0.4) is 0 Å². The van der Waals surface area contributed by atoms with Crippen molar-refractivity contribution in [1.29, 1.82) is 0 Å². The van der Waals surface area contributed by atoms with E-state index in [1.807, 2.05) is 35.9 Å². The van der Waals surface area contributed by atoms with E-state index in [2.05, 4.69) is 15.4 Å². The van der Waals surface area contributed by atoms with Crippen LogP contribution in [-0.4, -0.2) is 27.3 Å². The first-order chi connectivity index (χ1) is 13.5. The van der Waals surface area contributed by atoms with Crippen LogP contribution in [0, 0.1) is 17.3 Å². The molecule has 4 aliphatic carbocycles. The van der Waals surface area contributed by atoms with E-state index in [-0.39, 0.29) is 22.1 Å². The second kappa shape index (κ2) is 6.48. The molecule has 0 aliphatic heterocycles. The maximum atomic E-state index is 13.6. The number of amides is 1. The minimum atomic E-state index is -0.359. The average Bonchev–Trinajstić information content (AvgIpc) is 3.10. The molecule has 1 amide bonds. The Hall–Kier alpha value is -2.08. The van der Waals surface area contributed by atoms with Crippen molar-refractivity contribution in [3.63, 3.8) is 0 Å². The lowest BCUT2D eigenvalue weighted by atomic mass is 9.46. The molecule has 4 aliphatic rings. The zero-order valence-corrected chi connectivity index (χ0v) is 16.8. The first-order valence-electron chi connectivity index (χ1n) is 10.1. The minimum absolute atomic E-state index is 0.115. The third-order valence-electron chi connectivity index (χ3n) is 6.90. The van der Waals surface area contributed by atoms with Gasteiger partial charge >= 0.3 is 0 Å². The largest absolute Gasteiger partial charge is 0.492 e. The van der Waals surface area contributed by atoms with E-state index < -0.39 is 0 Å². The molecule has 0 saturated heterocycles. The Kier molecular flexibility index (Phi) is 4.16. The van der Waals surface area contributed by atoms with Gasteiger partial charge in [0.2, 0.25) is 11.2 Å². The van der Waals surface area contributed by atoms with Crippen molar-refractivity contribution >= 4 is 23.2 Å². The van der Waals surface area contributed by atoms with Gasteiger partial charge in [-0.25, -0.2) is 9.67 Å². The number of nitrogens with one attached hydrogen (secondary N) is 1. The van der Waals surface area contributed by atoms with Crippen LogP contribution in [0.4, 0.5) is 5.69 Å². The monoisotopic (exact) mass is 400 g/mol. The molecule has 1 heterocycles. The molecule has 4 bridgehead atoms. The number of anilines is 1. The van der Waals surface area contributed by atoms with Crippen LogP contribution < -0.4 is 10.1 Å². The van der Waals surface area contributed by atoms with Crippen LogP contribution in [0.25, 0.3) is 0 Å². The zero-order valence-electron chi connectivity index (χ0n) is 16.0. The summed E-state index contributed by atoms with van der Waals surface area (Å²) >= 11 is 6.02. The molecule has 1 N–H and O–H groups in total. The van der Waals surface area contributed by atoms with Crippen LogP contribution in [0.2, 0.25) is 5.28 Å². The van der Waals surface area contributed by atoms with Crippen LogP contribution in [0.1, 0.15) is 45.4 Å². The Morgan fingerprint density at radius 2 is 2.04 bits per heavy atom. The fourth-order valence-electron chi connectivity index (χ4n) is 6.33. The summed E-state index contributed by atoms with van der Waals surface area (Å²) in [6.07, 6.45) is 7.80. The molecule has 4 saturated carbocycles. The number of hydrogen-bond acceptors (Lipinski definition) is 4. The van der Waals surface area contributed by atoms with Gasteiger partial charge in [0.1, 0.15) is 12.1 Å². The van der Waals surface area contributed by atoms with Crippen molar-refractivity contribution in [3.05, 3.63) is 35.9 Å². The summed E-state index contributed by atoms with van der Waals surface area (Å²) in [5, 5.41) is 7.90. The Bertz CT molecular complexity index is 897. The highest BCUT2D eigenvalue weighted by molar-refractivity contribution is 6.28. The van der Waals surface area contributed by atoms with E-state index in [0.29, 0.717) is 18.4 Å². The van der Waals surface area contributed by atoms with E-state index in [0.717, 1.165) is 43.5 Å². The molecule has 7 heteroatoms. The van der Waals surface area contributed by atoms with Gasteiger partial charge in [0.15, 0.2) is 0 Å². The quantitative estimate of drug-likeness (QED) is 0.813. The average molecular weight is 401 g/mol. The number of hydrogen-bond donors (Lipinski definition) is 1. The molecule has 6 rings (SSSR count). The van der Waals surface area contributed by atoms with Gasteiger partial charge in [-0.05, 0) is 81.0 Å². The Labute approximate surface area is 169 Å². The number of carbonyl (C=O) groups excluding carboxylic acids is 1. The van der Waals surface area contributed by atoms with E-state index >= 15 is 0 Å². The molecular formula is C21H25ClN4O2. The van der Waals surface area contributed by atoms with Crippen LogP contribution >= 0.6 is 11.6 Å². The van der Waals surface area contributed by atoms with Gasteiger partial charge in [-0.2, -0.15) is 0 Å². The number of halogens is 1. The summed E-state index contributed by atoms with van der Waals surface area (Å²) in [6.45, 7) is 2.52. The van der Waals surface area contributed by atoms with Gasteiger partial charge in [-0.15, -0.1) is 5.10 Å². The lowest BCUT2D eigenvalue weighted by molar-refractivity contribution is -0.150. The lowest BCUT2D eigenvalue weighted by Gasteiger charge is -2.60. The van der Waals surface area contributed by atoms with Crippen molar-refractivity contribution in [2.75, 3.05) is 11.9 Å². The Morgan fingerprint density at radius 1 is 1.29 bits per heavy atom. The van der Waals surface area contributed by atoms with Crippen molar-refractivity contribution in [3.8, 4) is 5.75 Å². The van der Waals surface area contributed by atoms with Gasteiger partial charge in [0.25, 0.3) is 0 Å². The van der Waals surface area contributed by atoms with Crippen LogP contribution in [0.15, 0.2) is 30.6 Å². The summed E-state index contributed by atoms with van der Waals surface area (Å²) < 4.78 is 7.64. The van der Waals surface area contributed by atoms with Crippen molar-refractivity contribution in [1.82, 2.24) is 14.8 Å². The summed E-state index contributed by atoms with van der Waals surface area (Å²) in [7, 11) is 0. The van der Waals surface area contributed by atoms with Gasteiger partial charge in [-0.1, -0.05) is 12.1 Å². The number of rotatable bonds is 5. The third-order valence-corrected chi connectivity index (χ3v) is 7.07. The summed E-state index contributed by atoms with van der Waals surface area (Å²) in [5.74, 6) is 1.94. The van der Waals surface area contributed by atoms with Gasteiger partial charge < -0.3 is 10.1 Å². The SMILES string of the molecule is CCOc1ccccc1NC(=O)C12C[C@H]3C[C@@H](C1)CC(n1cnc(Cl)n1)(C3)C2. The number of nitrogens with zero attached hydrogens (tertiary/aromatic N) is 3. The fraction of sp³-hybridized carbons (Fsp3) is 0.571. The van der Waals surface area contributed by atoms with Gasteiger partial charge in [-0.3, -0.25) is 4.79 Å². The molecular weight excluding hydrogens is 376 g/mol. The molecule has 1 aromatic carbocycles. The lowest BCUT2D eigenvalue weighted by Crippen LogP contribution is -2.60. The molecule has 2 unspecified atom stereocenters. The van der Waals surface area contributed by atoms with E-state index in [1.165, 1.54) is 6.42 Å². The first-order valence-corrected chi connectivity index (χ1v) is 10.5. The molecule has 28 heavy (non-hydrogen) atoms. The standard InChI is InChI=1S/C21H25ClN4O2/c1-2-28-17-6-4-3-5-16(17)24-18(27)20-8-14-7-15(9-20)11-21(10-14,12-20)26-13-23-19(22)25-26/h3-6,13-15H,2,7-12H2,1H3,(H,24,27)/t14-,15+,20?,21?. The third kappa shape index (κ3) is 2.81. The molecule has 2 aromatic rings. The molecule has 4 atom stereocenters. The second-order valence-electron chi connectivity index (χ2n) is 8.81. The molecule has 148 valence electrons. The maximum Gasteiger partial charge on any atom is 0.242 e. The highest BCUT2D eigenvalue weighted by Gasteiger charge is 2.61. The molecule has 6 nitrogen and oxygen atoms in total.